The minimum atomic E-state index is -0.361. The van der Waals surface area contributed by atoms with Crippen LogP contribution in [0.15, 0.2) is 18.2 Å². The molecule has 0 aliphatic heterocycles. The van der Waals surface area contributed by atoms with E-state index in [4.69, 9.17) is 10.5 Å². The second kappa shape index (κ2) is 6.54. The van der Waals surface area contributed by atoms with E-state index in [2.05, 4.69) is 18.1 Å². The lowest BCUT2D eigenvalue weighted by atomic mass is 10.1. The van der Waals surface area contributed by atoms with Gasteiger partial charge in [-0.05, 0) is 31.4 Å². The molecule has 0 aliphatic carbocycles. The van der Waals surface area contributed by atoms with E-state index in [1.54, 1.807) is 23.9 Å². The summed E-state index contributed by atoms with van der Waals surface area (Å²) in [5.74, 6) is 0.627. The van der Waals surface area contributed by atoms with Gasteiger partial charge in [0.25, 0.3) is 0 Å². The van der Waals surface area contributed by atoms with Gasteiger partial charge in [0, 0.05) is 24.5 Å². The third-order valence-electron chi connectivity index (χ3n) is 2.87. The van der Waals surface area contributed by atoms with Crippen LogP contribution in [0, 0.1) is 0 Å². The Bertz CT molecular complexity index is 423. The zero-order valence-electron chi connectivity index (χ0n) is 11.3. The normalized spacial score (nSPS) is 12.0. The van der Waals surface area contributed by atoms with Crippen molar-refractivity contribution < 1.29 is 9.53 Å². The summed E-state index contributed by atoms with van der Waals surface area (Å²) in [7, 11) is 3.35. The van der Waals surface area contributed by atoms with Crippen LogP contribution >= 0.6 is 11.8 Å². The van der Waals surface area contributed by atoms with E-state index in [0.717, 1.165) is 11.4 Å². The molecule has 18 heavy (non-hydrogen) atoms. The first-order valence-electron chi connectivity index (χ1n) is 5.70. The van der Waals surface area contributed by atoms with Crippen molar-refractivity contribution in [2.24, 2.45) is 0 Å². The molecule has 0 radical (unpaired) electrons. The van der Waals surface area contributed by atoms with E-state index in [0.29, 0.717) is 17.3 Å². The Morgan fingerprint density at radius 1 is 1.56 bits per heavy atom. The van der Waals surface area contributed by atoms with Gasteiger partial charge in [-0.25, -0.2) is 4.79 Å². The van der Waals surface area contributed by atoms with E-state index < -0.39 is 0 Å². The van der Waals surface area contributed by atoms with Gasteiger partial charge in [0.2, 0.25) is 0 Å². The summed E-state index contributed by atoms with van der Waals surface area (Å²) in [5, 5.41) is 0. The number of nitrogens with zero attached hydrogens (tertiary/aromatic N) is 1. The summed E-state index contributed by atoms with van der Waals surface area (Å²) in [6, 6.07) is 5.64. The lowest BCUT2D eigenvalue weighted by Crippen LogP contribution is -2.32. The number of methoxy groups -OCH3 is 1. The molecule has 0 spiro atoms. The van der Waals surface area contributed by atoms with Gasteiger partial charge in [-0.2, -0.15) is 11.8 Å². The fourth-order valence-corrected chi connectivity index (χ4v) is 2.43. The molecule has 1 unspecified atom stereocenters. The van der Waals surface area contributed by atoms with E-state index in [9.17, 15) is 4.79 Å². The van der Waals surface area contributed by atoms with Gasteiger partial charge in [0.05, 0.1) is 18.4 Å². The zero-order valence-corrected chi connectivity index (χ0v) is 12.1. The SMILES string of the molecule is COC(=O)c1cc(N)ccc1N(C)C(C)CSC. The van der Waals surface area contributed by atoms with Crippen LogP contribution in [0.2, 0.25) is 0 Å². The summed E-state index contributed by atoms with van der Waals surface area (Å²) in [6.45, 7) is 2.12. The Morgan fingerprint density at radius 3 is 2.78 bits per heavy atom. The number of anilines is 2. The topological polar surface area (TPSA) is 55.6 Å². The first-order valence-corrected chi connectivity index (χ1v) is 7.10. The van der Waals surface area contributed by atoms with E-state index in [1.807, 2.05) is 13.1 Å². The predicted molar refractivity (Wildman–Crippen MR) is 78.4 cm³/mol. The second-order valence-corrected chi connectivity index (χ2v) is 5.09. The number of ether oxygens (including phenoxy) is 1. The van der Waals surface area contributed by atoms with Crippen molar-refractivity contribution in [3.05, 3.63) is 23.8 Å². The van der Waals surface area contributed by atoms with Crippen molar-refractivity contribution in [2.45, 2.75) is 13.0 Å². The molecule has 0 aliphatic rings. The van der Waals surface area contributed by atoms with Gasteiger partial charge < -0.3 is 15.4 Å². The molecule has 1 atom stereocenters. The lowest BCUT2D eigenvalue weighted by molar-refractivity contribution is 0.0601. The maximum atomic E-state index is 11.8. The highest BCUT2D eigenvalue weighted by Gasteiger charge is 2.18. The number of carbonyl (C=O) groups excluding carboxylic acids is 1. The highest BCUT2D eigenvalue weighted by Crippen LogP contribution is 2.25. The molecule has 0 aromatic heterocycles. The largest absolute Gasteiger partial charge is 0.465 e. The Morgan fingerprint density at radius 2 is 2.22 bits per heavy atom. The monoisotopic (exact) mass is 268 g/mol. The van der Waals surface area contributed by atoms with Gasteiger partial charge in [0.15, 0.2) is 0 Å². The Hall–Kier alpha value is -1.36. The Balaban J connectivity index is 3.11. The molecule has 4 nitrogen and oxygen atoms in total. The van der Waals surface area contributed by atoms with Crippen LogP contribution in [0.3, 0.4) is 0 Å². The molecule has 0 fully saturated rings. The number of nitrogens with two attached hydrogens (primary N) is 1. The van der Waals surface area contributed by atoms with Crippen LogP contribution in [-0.4, -0.2) is 38.2 Å². The number of esters is 1. The average Bonchev–Trinajstić information content (AvgIpc) is 2.37. The van der Waals surface area contributed by atoms with E-state index >= 15 is 0 Å². The fourth-order valence-electron chi connectivity index (χ4n) is 1.73. The average molecular weight is 268 g/mol. The smallest absolute Gasteiger partial charge is 0.340 e. The molecule has 2 N–H and O–H groups in total. The van der Waals surface area contributed by atoms with Crippen LogP contribution in [0.25, 0.3) is 0 Å². The summed E-state index contributed by atoms with van der Waals surface area (Å²) >= 11 is 1.77. The zero-order chi connectivity index (χ0) is 13.7. The van der Waals surface area contributed by atoms with Gasteiger partial charge >= 0.3 is 5.97 Å². The maximum Gasteiger partial charge on any atom is 0.340 e. The first-order chi connectivity index (χ1) is 8.51. The molecule has 1 aromatic rings. The van der Waals surface area contributed by atoms with Crippen LogP contribution < -0.4 is 10.6 Å². The third kappa shape index (κ3) is 3.32. The lowest BCUT2D eigenvalue weighted by Gasteiger charge is -2.28. The van der Waals surface area contributed by atoms with Crippen molar-refractivity contribution in [2.75, 3.05) is 36.8 Å². The molecule has 0 saturated carbocycles. The van der Waals surface area contributed by atoms with E-state index in [-0.39, 0.29) is 5.97 Å². The number of thioether (sulfide) groups is 1. The van der Waals surface area contributed by atoms with Crippen LogP contribution in [0.5, 0.6) is 0 Å². The van der Waals surface area contributed by atoms with Crippen LogP contribution in [-0.2, 0) is 4.74 Å². The number of rotatable bonds is 5. The fraction of sp³-hybridized carbons (Fsp3) is 0.462. The number of hydrogen-bond donors (Lipinski definition) is 1. The molecule has 0 bridgehead atoms. The number of nitrogen functional groups attached to an aromatic ring is 1. The number of carbonyl (C=O) groups is 1. The first kappa shape index (κ1) is 14.7. The molecule has 1 rings (SSSR count). The second-order valence-electron chi connectivity index (χ2n) is 4.18. The predicted octanol–water partition coefficient (Wildman–Crippen LogP) is 2.24. The molecule has 0 amide bonds. The standard InChI is InChI=1S/C13H20N2O2S/c1-9(8-18-4)15(2)12-6-5-10(14)7-11(12)13(16)17-3/h5-7,9H,8,14H2,1-4H3. The van der Waals surface area contributed by atoms with Gasteiger partial charge in [-0.15, -0.1) is 0 Å². The van der Waals surface area contributed by atoms with Crippen LogP contribution in [0.1, 0.15) is 17.3 Å². The highest BCUT2D eigenvalue weighted by molar-refractivity contribution is 7.98. The van der Waals surface area contributed by atoms with Crippen molar-refractivity contribution in [3.8, 4) is 0 Å². The quantitative estimate of drug-likeness (QED) is 0.655. The van der Waals surface area contributed by atoms with Crippen LogP contribution in [0.4, 0.5) is 11.4 Å². The third-order valence-corrected chi connectivity index (χ3v) is 3.69. The molecule has 5 heteroatoms. The molecular weight excluding hydrogens is 248 g/mol. The Kier molecular flexibility index (Phi) is 5.34. The minimum Gasteiger partial charge on any atom is -0.465 e. The summed E-state index contributed by atoms with van der Waals surface area (Å²) < 4.78 is 4.80. The van der Waals surface area contributed by atoms with Crippen molar-refractivity contribution in [1.82, 2.24) is 0 Å². The summed E-state index contributed by atoms with van der Waals surface area (Å²) in [6.07, 6.45) is 2.06. The van der Waals surface area contributed by atoms with Gasteiger partial charge in [0.1, 0.15) is 0 Å². The molecular formula is C13H20N2O2S. The van der Waals surface area contributed by atoms with Gasteiger partial charge in [-0.1, -0.05) is 0 Å². The summed E-state index contributed by atoms with van der Waals surface area (Å²) in [4.78, 5) is 13.8. The number of benzene rings is 1. The molecule has 100 valence electrons. The Labute approximate surface area is 112 Å². The maximum absolute atomic E-state index is 11.8. The van der Waals surface area contributed by atoms with Gasteiger partial charge in [-0.3, -0.25) is 0 Å². The van der Waals surface area contributed by atoms with Crippen molar-refractivity contribution >= 4 is 29.1 Å². The van der Waals surface area contributed by atoms with E-state index in [1.165, 1.54) is 7.11 Å². The molecule has 1 aromatic carbocycles. The van der Waals surface area contributed by atoms with Crippen molar-refractivity contribution in [1.29, 1.82) is 0 Å². The number of hydrogen-bond acceptors (Lipinski definition) is 5. The van der Waals surface area contributed by atoms with Crippen molar-refractivity contribution in [3.63, 3.8) is 0 Å². The minimum absolute atomic E-state index is 0.326. The highest BCUT2D eigenvalue weighted by atomic mass is 32.2. The molecule has 0 saturated heterocycles. The summed E-state index contributed by atoms with van der Waals surface area (Å²) in [5.41, 5.74) is 7.64. The molecule has 0 heterocycles.